The van der Waals surface area contributed by atoms with Crippen molar-refractivity contribution in [3.8, 4) is 5.75 Å². The molecule has 1 aliphatic heterocycles. The van der Waals surface area contributed by atoms with Crippen LogP contribution in [0.15, 0.2) is 59.6 Å². The highest BCUT2D eigenvalue weighted by Gasteiger charge is 2.17. The van der Waals surface area contributed by atoms with Gasteiger partial charge in [0.2, 0.25) is 0 Å². The number of anilines is 1. The highest BCUT2D eigenvalue weighted by molar-refractivity contribution is 14.0. The normalized spacial score (nSPS) is 13.4. The molecule has 2 aromatic carbocycles. The molecule has 162 valence electrons. The molecule has 8 heteroatoms. The Morgan fingerprint density at radius 3 is 2.57 bits per heavy atom. The molecule has 3 N–H and O–H groups in total. The number of hydrogen-bond acceptors (Lipinski definition) is 3. The summed E-state index contributed by atoms with van der Waals surface area (Å²) in [6.07, 6.45) is 2.17. The van der Waals surface area contributed by atoms with Gasteiger partial charge < -0.3 is 25.6 Å². The van der Waals surface area contributed by atoms with E-state index in [1.54, 1.807) is 7.05 Å². The Balaban J connectivity index is 0.00000320. The monoisotopic (exact) mass is 523 g/mol. The molecule has 0 atom stereocenters. The van der Waals surface area contributed by atoms with Crippen molar-refractivity contribution in [2.45, 2.75) is 19.4 Å². The highest BCUT2D eigenvalue weighted by Crippen LogP contribution is 2.14. The Labute approximate surface area is 195 Å². The van der Waals surface area contributed by atoms with Gasteiger partial charge in [-0.15, -0.1) is 24.0 Å². The molecule has 3 rings (SSSR count). The van der Waals surface area contributed by atoms with Crippen molar-refractivity contribution < 1.29 is 9.53 Å². The molecule has 1 fully saturated rings. The van der Waals surface area contributed by atoms with E-state index in [9.17, 15) is 4.79 Å². The molecule has 7 nitrogen and oxygen atoms in total. The molecule has 0 aliphatic carbocycles. The predicted octanol–water partition coefficient (Wildman–Crippen LogP) is 3.68. The van der Waals surface area contributed by atoms with Gasteiger partial charge in [0.1, 0.15) is 12.4 Å². The Morgan fingerprint density at radius 2 is 1.83 bits per heavy atom. The average molecular weight is 523 g/mol. The zero-order valence-corrected chi connectivity index (χ0v) is 19.6. The number of ether oxygens (including phenoxy) is 1. The number of para-hydroxylation sites is 1. The number of nitrogens with one attached hydrogen (secondary N) is 3. The Kier molecular flexibility index (Phi) is 10.3. The van der Waals surface area contributed by atoms with Crippen molar-refractivity contribution in [3.63, 3.8) is 0 Å². The van der Waals surface area contributed by atoms with Gasteiger partial charge in [0.25, 0.3) is 0 Å². The summed E-state index contributed by atoms with van der Waals surface area (Å²) in [6, 6.07) is 17.6. The molecule has 0 bridgehead atoms. The molecular formula is C22H30IN5O2. The Hall–Kier alpha value is -2.49. The third-order valence-electron chi connectivity index (χ3n) is 4.66. The molecule has 1 heterocycles. The number of halogens is 1. The van der Waals surface area contributed by atoms with Crippen molar-refractivity contribution in [2.24, 2.45) is 4.99 Å². The van der Waals surface area contributed by atoms with Crippen LogP contribution in [0.5, 0.6) is 5.75 Å². The van der Waals surface area contributed by atoms with E-state index in [4.69, 9.17) is 4.74 Å². The van der Waals surface area contributed by atoms with Crippen LogP contribution in [0, 0.1) is 0 Å². The Bertz CT molecular complexity index is 810. The van der Waals surface area contributed by atoms with E-state index in [2.05, 4.69) is 20.9 Å². The van der Waals surface area contributed by atoms with E-state index in [0.717, 1.165) is 42.9 Å². The zero-order valence-electron chi connectivity index (χ0n) is 17.3. The van der Waals surface area contributed by atoms with E-state index < -0.39 is 0 Å². The van der Waals surface area contributed by atoms with Gasteiger partial charge in [-0.05, 0) is 42.7 Å². The number of urea groups is 1. The lowest BCUT2D eigenvalue weighted by molar-refractivity contribution is 0.222. The number of benzene rings is 2. The summed E-state index contributed by atoms with van der Waals surface area (Å²) in [6.45, 7) is 3.46. The second-order valence-electron chi connectivity index (χ2n) is 6.84. The summed E-state index contributed by atoms with van der Waals surface area (Å²) in [4.78, 5) is 18.3. The molecule has 0 unspecified atom stereocenters. The van der Waals surface area contributed by atoms with Gasteiger partial charge in [-0.2, -0.15) is 0 Å². The molecule has 30 heavy (non-hydrogen) atoms. The number of guanidine groups is 1. The molecule has 0 spiro atoms. The molecule has 0 saturated carbocycles. The average Bonchev–Trinajstić information content (AvgIpc) is 3.29. The van der Waals surface area contributed by atoms with Gasteiger partial charge in [0.15, 0.2) is 5.96 Å². The fraction of sp³-hybridized carbons (Fsp3) is 0.364. The second kappa shape index (κ2) is 12.9. The van der Waals surface area contributed by atoms with Crippen LogP contribution >= 0.6 is 24.0 Å². The second-order valence-corrected chi connectivity index (χ2v) is 6.84. The highest BCUT2D eigenvalue weighted by atomic mass is 127. The molecule has 0 aromatic heterocycles. The number of carbonyl (C=O) groups excluding carboxylic acids is 1. The van der Waals surface area contributed by atoms with E-state index in [0.29, 0.717) is 25.7 Å². The van der Waals surface area contributed by atoms with Crippen LogP contribution in [0.2, 0.25) is 0 Å². The number of likely N-dealkylation sites (tertiary alicyclic amines) is 1. The molecule has 1 aliphatic rings. The van der Waals surface area contributed by atoms with Crippen molar-refractivity contribution in [1.82, 2.24) is 15.5 Å². The zero-order chi connectivity index (χ0) is 20.3. The van der Waals surface area contributed by atoms with Gasteiger partial charge in [0, 0.05) is 32.4 Å². The van der Waals surface area contributed by atoms with Crippen LogP contribution in [0.3, 0.4) is 0 Å². The first kappa shape index (κ1) is 23.8. The maximum atomic E-state index is 12.2. The molecular weight excluding hydrogens is 493 g/mol. The van der Waals surface area contributed by atoms with E-state index >= 15 is 0 Å². The fourth-order valence-electron chi connectivity index (χ4n) is 3.14. The summed E-state index contributed by atoms with van der Waals surface area (Å²) in [5.41, 5.74) is 1.87. The fourth-order valence-corrected chi connectivity index (χ4v) is 3.14. The van der Waals surface area contributed by atoms with Gasteiger partial charge in [-0.25, -0.2) is 4.79 Å². The number of amides is 2. The van der Waals surface area contributed by atoms with Gasteiger partial charge in [0.05, 0.1) is 6.54 Å². The molecule has 1 saturated heterocycles. The van der Waals surface area contributed by atoms with E-state index in [-0.39, 0.29) is 30.0 Å². The Morgan fingerprint density at radius 1 is 1.07 bits per heavy atom. The minimum absolute atomic E-state index is 0. The lowest BCUT2D eigenvalue weighted by atomic mass is 10.2. The summed E-state index contributed by atoms with van der Waals surface area (Å²) in [5.74, 6) is 1.55. The van der Waals surface area contributed by atoms with Crippen LogP contribution in [0.4, 0.5) is 10.5 Å². The number of aliphatic imine (C=N–C) groups is 1. The number of hydrogen-bond donors (Lipinski definition) is 3. The van der Waals surface area contributed by atoms with Crippen molar-refractivity contribution in [2.75, 3.05) is 38.6 Å². The standard InChI is InChI=1S/C22H29N5O2.HI/c1-23-21(24-12-15-29-20-10-3-2-4-11-20)25-17-18-8-7-9-19(16-18)26-22(28)27-13-5-6-14-27;/h2-4,7-11,16H,5-6,12-15,17H2,1H3,(H,26,28)(H2,23,24,25);1H. The van der Waals surface area contributed by atoms with Gasteiger partial charge in [-0.3, -0.25) is 4.99 Å². The molecule has 0 radical (unpaired) electrons. The third kappa shape index (κ3) is 7.74. The smallest absolute Gasteiger partial charge is 0.321 e. The number of rotatable bonds is 7. The summed E-state index contributed by atoms with van der Waals surface area (Å²) >= 11 is 0. The summed E-state index contributed by atoms with van der Waals surface area (Å²) in [5, 5.41) is 9.49. The van der Waals surface area contributed by atoms with Crippen LogP contribution in [-0.4, -0.2) is 50.2 Å². The topological polar surface area (TPSA) is 78.0 Å². The van der Waals surface area contributed by atoms with Crippen LogP contribution in [0.1, 0.15) is 18.4 Å². The summed E-state index contributed by atoms with van der Waals surface area (Å²) < 4.78 is 5.67. The minimum Gasteiger partial charge on any atom is -0.492 e. The third-order valence-corrected chi connectivity index (χ3v) is 4.66. The lowest BCUT2D eigenvalue weighted by Gasteiger charge is -2.17. The first-order valence-corrected chi connectivity index (χ1v) is 10.0. The first-order valence-electron chi connectivity index (χ1n) is 10.0. The van der Waals surface area contributed by atoms with E-state index in [1.807, 2.05) is 59.5 Å². The summed E-state index contributed by atoms with van der Waals surface area (Å²) in [7, 11) is 1.74. The van der Waals surface area contributed by atoms with E-state index in [1.165, 1.54) is 0 Å². The minimum atomic E-state index is -0.0245. The van der Waals surface area contributed by atoms with Gasteiger partial charge >= 0.3 is 6.03 Å². The SMILES string of the molecule is CN=C(NCCOc1ccccc1)NCc1cccc(NC(=O)N2CCCC2)c1.I. The lowest BCUT2D eigenvalue weighted by Crippen LogP contribution is -2.38. The number of nitrogens with zero attached hydrogens (tertiary/aromatic N) is 2. The van der Waals surface area contributed by atoms with Crippen molar-refractivity contribution in [1.29, 1.82) is 0 Å². The van der Waals surface area contributed by atoms with Crippen molar-refractivity contribution >= 4 is 41.7 Å². The van der Waals surface area contributed by atoms with Crippen LogP contribution in [-0.2, 0) is 6.54 Å². The molecule has 2 aromatic rings. The predicted molar refractivity (Wildman–Crippen MR) is 132 cm³/mol. The largest absolute Gasteiger partial charge is 0.492 e. The maximum Gasteiger partial charge on any atom is 0.321 e. The maximum absolute atomic E-state index is 12.2. The first-order chi connectivity index (χ1) is 14.2. The molecule has 2 amide bonds. The van der Waals surface area contributed by atoms with Gasteiger partial charge in [-0.1, -0.05) is 30.3 Å². The van der Waals surface area contributed by atoms with Crippen LogP contribution in [0.25, 0.3) is 0 Å². The van der Waals surface area contributed by atoms with Crippen molar-refractivity contribution in [3.05, 3.63) is 60.2 Å². The number of carbonyl (C=O) groups is 1. The quantitative estimate of drug-likeness (QED) is 0.224. The van der Waals surface area contributed by atoms with Crippen LogP contribution < -0.4 is 20.7 Å².